The summed E-state index contributed by atoms with van der Waals surface area (Å²) < 4.78 is 7.46. The van der Waals surface area contributed by atoms with Crippen LogP contribution in [-0.2, 0) is 24.3 Å². The molecule has 0 radical (unpaired) electrons. The molecular weight excluding hydrogens is 232 g/mol. The summed E-state index contributed by atoms with van der Waals surface area (Å²) in [7, 11) is 0. The summed E-state index contributed by atoms with van der Waals surface area (Å²) in [5, 5.41) is 6.69. The molecule has 0 bridgehead atoms. The highest BCUT2D eigenvalue weighted by Crippen LogP contribution is 2.31. The fraction of sp³-hybridized carbons (Fsp3) is 0.308. The Morgan fingerprint density at radius 3 is 3.29 bits per heavy atom. The number of fused-ring (bicyclic) bond motifs is 1. The molecule has 0 unspecified atom stereocenters. The van der Waals surface area contributed by atoms with E-state index in [1.807, 2.05) is 10.7 Å². The van der Waals surface area contributed by atoms with Gasteiger partial charge < -0.3 is 4.74 Å². The van der Waals surface area contributed by atoms with Crippen LogP contribution in [0.4, 0.5) is 0 Å². The van der Waals surface area contributed by atoms with Crippen molar-refractivity contribution in [2.45, 2.75) is 19.6 Å². The molecule has 3 heterocycles. The highest BCUT2D eigenvalue weighted by molar-refractivity contribution is 7.13. The summed E-state index contributed by atoms with van der Waals surface area (Å²) in [4.78, 5) is 1.18. The zero-order valence-electron chi connectivity index (χ0n) is 9.35. The lowest BCUT2D eigenvalue weighted by Gasteiger charge is -2.13. The minimum Gasteiger partial charge on any atom is -0.376 e. The van der Waals surface area contributed by atoms with Gasteiger partial charge in [-0.15, -0.1) is 17.8 Å². The molecule has 0 fully saturated rings. The molecule has 0 amide bonds. The molecular formula is C13H12N2OS. The number of rotatable bonds is 2. The summed E-state index contributed by atoms with van der Waals surface area (Å²) in [5.74, 6) is 2.66. The summed E-state index contributed by atoms with van der Waals surface area (Å²) in [6.45, 7) is 1.94. The van der Waals surface area contributed by atoms with E-state index in [4.69, 9.17) is 11.2 Å². The highest BCUT2D eigenvalue weighted by atomic mass is 32.1. The number of thiophene rings is 1. The average Bonchev–Trinajstić information content (AvgIpc) is 2.97. The van der Waals surface area contributed by atoms with Crippen molar-refractivity contribution in [3.63, 3.8) is 0 Å². The third-order valence-electron chi connectivity index (χ3n) is 2.89. The van der Waals surface area contributed by atoms with Crippen molar-refractivity contribution in [1.82, 2.24) is 9.78 Å². The van der Waals surface area contributed by atoms with Crippen molar-refractivity contribution in [1.29, 1.82) is 0 Å². The topological polar surface area (TPSA) is 27.1 Å². The number of terminal acetylenes is 1. The Balaban J connectivity index is 2.13. The van der Waals surface area contributed by atoms with Crippen LogP contribution in [0.2, 0.25) is 0 Å². The number of nitrogens with zero attached hydrogens (tertiary/aromatic N) is 2. The first kappa shape index (κ1) is 10.6. The summed E-state index contributed by atoms with van der Waals surface area (Å²) >= 11 is 1.70. The largest absolute Gasteiger partial charge is 0.376 e. The SMILES string of the molecule is C#CCn1nc(-c2cccs2)c2c1CCOC2. The Hall–Kier alpha value is -1.57. The maximum Gasteiger partial charge on any atom is 0.108 e. The number of hydrogen-bond acceptors (Lipinski definition) is 3. The molecule has 2 aromatic heterocycles. The van der Waals surface area contributed by atoms with Gasteiger partial charge in [0.05, 0.1) is 18.1 Å². The Morgan fingerprint density at radius 1 is 1.59 bits per heavy atom. The lowest BCUT2D eigenvalue weighted by molar-refractivity contribution is 0.109. The van der Waals surface area contributed by atoms with E-state index >= 15 is 0 Å². The van der Waals surface area contributed by atoms with Gasteiger partial charge in [-0.25, -0.2) is 0 Å². The molecule has 0 atom stereocenters. The number of aromatic nitrogens is 2. The zero-order chi connectivity index (χ0) is 11.7. The van der Waals surface area contributed by atoms with Gasteiger partial charge in [-0.3, -0.25) is 4.68 Å². The predicted molar refractivity (Wildman–Crippen MR) is 67.7 cm³/mol. The van der Waals surface area contributed by atoms with Crippen molar-refractivity contribution in [3.05, 3.63) is 28.8 Å². The van der Waals surface area contributed by atoms with E-state index in [2.05, 4.69) is 22.5 Å². The molecule has 0 spiro atoms. The van der Waals surface area contributed by atoms with Crippen molar-refractivity contribution in [2.75, 3.05) is 6.61 Å². The van der Waals surface area contributed by atoms with Gasteiger partial charge in [-0.1, -0.05) is 12.0 Å². The third-order valence-corrected chi connectivity index (χ3v) is 3.77. The van der Waals surface area contributed by atoms with Gasteiger partial charge in [0.15, 0.2) is 0 Å². The van der Waals surface area contributed by atoms with Crippen LogP contribution in [0.25, 0.3) is 10.6 Å². The predicted octanol–water partition coefficient (Wildman–Crippen LogP) is 2.32. The molecule has 1 aliphatic rings. The van der Waals surface area contributed by atoms with Crippen LogP contribution in [0, 0.1) is 12.3 Å². The monoisotopic (exact) mass is 244 g/mol. The fourth-order valence-electron chi connectivity index (χ4n) is 2.14. The number of ether oxygens (including phenoxy) is 1. The van der Waals surface area contributed by atoms with Gasteiger partial charge in [0.25, 0.3) is 0 Å². The van der Waals surface area contributed by atoms with E-state index in [0.717, 1.165) is 18.7 Å². The minimum atomic E-state index is 0.535. The van der Waals surface area contributed by atoms with E-state index in [9.17, 15) is 0 Å². The Labute approximate surface area is 104 Å². The molecule has 17 heavy (non-hydrogen) atoms. The van der Waals surface area contributed by atoms with E-state index < -0.39 is 0 Å². The molecule has 0 aromatic carbocycles. The van der Waals surface area contributed by atoms with Crippen molar-refractivity contribution < 1.29 is 4.74 Å². The maximum absolute atomic E-state index is 5.53. The van der Waals surface area contributed by atoms with Crippen LogP contribution in [0.15, 0.2) is 17.5 Å². The Kier molecular flexibility index (Phi) is 2.71. The second kappa shape index (κ2) is 4.36. The first-order valence-electron chi connectivity index (χ1n) is 5.54. The Bertz CT molecular complexity index is 563. The molecule has 86 valence electrons. The first-order chi connectivity index (χ1) is 8.40. The van der Waals surface area contributed by atoms with E-state index in [-0.39, 0.29) is 0 Å². The second-order valence-corrected chi connectivity index (χ2v) is 4.86. The highest BCUT2D eigenvalue weighted by Gasteiger charge is 2.22. The summed E-state index contributed by atoms with van der Waals surface area (Å²) in [6.07, 6.45) is 6.28. The quantitative estimate of drug-likeness (QED) is 0.758. The van der Waals surface area contributed by atoms with Crippen LogP contribution >= 0.6 is 11.3 Å². The molecule has 4 heteroatoms. The molecule has 1 aliphatic heterocycles. The lowest BCUT2D eigenvalue weighted by atomic mass is 10.1. The normalized spacial score (nSPS) is 14.3. The van der Waals surface area contributed by atoms with Crippen LogP contribution in [-0.4, -0.2) is 16.4 Å². The van der Waals surface area contributed by atoms with Gasteiger partial charge in [0, 0.05) is 17.7 Å². The molecule has 0 saturated heterocycles. The van der Waals surface area contributed by atoms with E-state index in [1.54, 1.807) is 11.3 Å². The van der Waals surface area contributed by atoms with Crippen LogP contribution < -0.4 is 0 Å². The minimum absolute atomic E-state index is 0.535. The third kappa shape index (κ3) is 1.78. The standard InChI is InChI=1S/C13H12N2OS/c1-2-6-15-11-5-7-16-9-10(11)13(14-15)12-4-3-8-17-12/h1,3-4,8H,5-7,9H2. The van der Waals surface area contributed by atoms with E-state index in [0.29, 0.717) is 13.2 Å². The zero-order valence-corrected chi connectivity index (χ0v) is 10.2. The first-order valence-corrected chi connectivity index (χ1v) is 6.41. The van der Waals surface area contributed by atoms with Crippen LogP contribution in [0.1, 0.15) is 11.3 Å². The average molecular weight is 244 g/mol. The molecule has 2 aromatic rings. The van der Waals surface area contributed by atoms with Crippen molar-refractivity contribution >= 4 is 11.3 Å². The molecule has 0 N–H and O–H groups in total. The lowest BCUT2D eigenvalue weighted by Crippen LogP contribution is -2.13. The van der Waals surface area contributed by atoms with Gasteiger partial charge in [-0.05, 0) is 11.4 Å². The smallest absolute Gasteiger partial charge is 0.108 e. The second-order valence-electron chi connectivity index (χ2n) is 3.92. The number of hydrogen-bond donors (Lipinski definition) is 0. The van der Waals surface area contributed by atoms with E-state index in [1.165, 1.54) is 16.1 Å². The van der Waals surface area contributed by atoms with Crippen molar-refractivity contribution in [3.8, 4) is 22.9 Å². The van der Waals surface area contributed by atoms with Crippen molar-refractivity contribution in [2.24, 2.45) is 0 Å². The summed E-state index contributed by atoms with van der Waals surface area (Å²) in [6, 6.07) is 4.12. The van der Waals surface area contributed by atoms with Gasteiger partial charge in [0.1, 0.15) is 12.2 Å². The molecule has 0 aliphatic carbocycles. The van der Waals surface area contributed by atoms with Crippen LogP contribution in [0.3, 0.4) is 0 Å². The fourth-order valence-corrected chi connectivity index (χ4v) is 2.87. The molecule has 3 nitrogen and oxygen atoms in total. The molecule has 3 rings (SSSR count). The van der Waals surface area contributed by atoms with Crippen LogP contribution in [0.5, 0.6) is 0 Å². The Morgan fingerprint density at radius 2 is 2.53 bits per heavy atom. The summed E-state index contributed by atoms with van der Waals surface area (Å²) in [5.41, 5.74) is 3.47. The maximum atomic E-state index is 5.53. The molecule has 0 saturated carbocycles. The van der Waals surface area contributed by atoms with Gasteiger partial charge in [-0.2, -0.15) is 5.10 Å². The van der Waals surface area contributed by atoms with Gasteiger partial charge >= 0.3 is 0 Å². The van der Waals surface area contributed by atoms with Gasteiger partial charge in [0.2, 0.25) is 0 Å².